The molecule has 0 bridgehead atoms. The number of benzene rings is 1. The minimum Gasteiger partial charge on any atom is -0.337 e. The molecule has 2 rings (SSSR count). The summed E-state index contributed by atoms with van der Waals surface area (Å²) in [6.45, 7) is 8.11. The van der Waals surface area contributed by atoms with E-state index in [-0.39, 0.29) is 17.2 Å². The SMILES string of the molecule is CC(C)(C)c1ccc2c(c1)CN(C(=O)CCl)CC2. The number of halogens is 1. The number of rotatable bonds is 1. The van der Waals surface area contributed by atoms with Crippen molar-refractivity contribution in [2.75, 3.05) is 12.4 Å². The van der Waals surface area contributed by atoms with Crippen molar-refractivity contribution in [3.05, 3.63) is 34.9 Å². The summed E-state index contributed by atoms with van der Waals surface area (Å²) in [4.78, 5) is 13.5. The van der Waals surface area contributed by atoms with Crippen molar-refractivity contribution in [3.8, 4) is 0 Å². The first kappa shape index (κ1) is 13.4. The summed E-state index contributed by atoms with van der Waals surface area (Å²) in [5.41, 5.74) is 4.10. The highest BCUT2D eigenvalue weighted by Gasteiger charge is 2.22. The molecule has 2 nitrogen and oxygen atoms in total. The highest BCUT2D eigenvalue weighted by Crippen LogP contribution is 2.27. The second-order valence-corrected chi connectivity index (χ2v) is 6.20. The van der Waals surface area contributed by atoms with E-state index in [4.69, 9.17) is 11.6 Å². The lowest BCUT2D eigenvalue weighted by atomic mass is 9.84. The quantitative estimate of drug-likeness (QED) is 0.715. The van der Waals surface area contributed by atoms with Crippen LogP contribution in [0.15, 0.2) is 18.2 Å². The van der Waals surface area contributed by atoms with Crippen LogP contribution in [0.25, 0.3) is 0 Å². The minimum atomic E-state index is 0.0310. The van der Waals surface area contributed by atoms with Gasteiger partial charge in [0.05, 0.1) is 0 Å². The van der Waals surface area contributed by atoms with E-state index in [0.29, 0.717) is 6.54 Å². The van der Waals surface area contributed by atoms with E-state index in [2.05, 4.69) is 39.0 Å². The first-order valence-electron chi connectivity index (χ1n) is 6.38. The lowest BCUT2D eigenvalue weighted by Gasteiger charge is -2.30. The number of fused-ring (bicyclic) bond motifs is 1. The molecule has 0 aromatic heterocycles. The molecule has 1 aliphatic rings. The standard InChI is InChI=1S/C15H20ClNO/c1-15(2,3)13-5-4-11-6-7-17(14(18)9-16)10-12(11)8-13/h4-5,8H,6-7,9-10H2,1-3H3. The molecule has 0 fully saturated rings. The van der Waals surface area contributed by atoms with Crippen molar-refractivity contribution in [2.45, 2.75) is 39.2 Å². The van der Waals surface area contributed by atoms with Gasteiger partial charge in [0.25, 0.3) is 0 Å². The summed E-state index contributed by atoms with van der Waals surface area (Å²) in [5.74, 6) is 0.109. The molecule has 1 heterocycles. The zero-order valence-electron chi connectivity index (χ0n) is 11.3. The Hall–Kier alpha value is -1.02. The molecule has 0 aliphatic carbocycles. The Morgan fingerprint density at radius 1 is 1.33 bits per heavy atom. The van der Waals surface area contributed by atoms with Crippen molar-refractivity contribution >= 4 is 17.5 Å². The fraction of sp³-hybridized carbons (Fsp3) is 0.533. The van der Waals surface area contributed by atoms with E-state index in [1.165, 1.54) is 16.7 Å². The molecule has 0 unspecified atom stereocenters. The normalized spacial score (nSPS) is 15.4. The van der Waals surface area contributed by atoms with Gasteiger partial charge < -0.3 is 4.90 Å². The third-order valence-corrected chi connectivity index (χ3v) is 3.78. The monoisotopic (exact) mass is 265 g/mol. The van der Waals surface area contributed by atoms with Gasteiger partial charge in [0, 0.05) is 13.1 Å². The molecule has 1 aliphatic heterocycles. The second kappa shape index (κ2) is 4.93. The first-order valence-corrected chi connectivity index (χ1v) is 6.91. The van der Waals surface area contributed by atoms with Gasteiger partial charge in [-0.3, -0.25) is 4.79 Å². The largest absolute Gasteiger partial charge is 0.337 e. The van der Waals surface area contributed by atoms with Gasteiger partial charge in [-0.1, -0.05) is 39.0 Å². The number of hydrogen-bond donors (Lipinski definition) is 0. The Morgan fingerprint density at radius 2 is 2.06 bits per heavy atom. The fourth-order valence-electron chi connectivity index (χ4n) is 2.32. The lowest BCUT2D eigenvalue weighted by Crippen LogP contribution is -2.36. The predicted octanol–water partition coefficient (Wildman–Crippen LogP) is 3.11. The van der Waals surface area contributed by atoms with Gasteiger partial charge in [-0.05, 0) is 28.5 Å². The Morgan fingerprint density at radius 3 is 2.67 bits per heavy atom. The summed E-state index contributed by atoms with van der Waals surface area (Å²) in [6.07, 6.45) is 0.933. The molecule has 0 radical (unpaired) electrons. The highest BCUT2D eigenvalue weighted by molar-refractivity contribution is 6.27. The number of nitrogens with zero attached hydrogens (tertiary/aromatic N) is 1. The fourth-order valence-corrected chi connectivity index (χ4v) is 2.49. The van der Waals surface area contributed by atoms with Crippen LogP contribution >= 0.6 is 11.6 Å². The van der Waals surface area contributed by atoms with Crippen LogP contribution < -0.4 is 0 Å². The van der Waals surface area contributed by atoms with Gasteiger partial charge in [0.15, 0.2) is 0 Å². The average molecular weight is 266 g/mol. The second-order valence-electron chi connectivity index (χ2n) is 5.93. The molecule has 0 saturated carbocycles. The van der Waals surface area contributed by atoms with Gasteiger partial charge in [-0.25, -0.2) is 0 Å². The van der Waals surface area contributed by atoms with Crippen LogP contribution in [0.2, 0.25) is 0 Å². The molecule has 1 aromatic rings. The topological polar surface area (TPSA) is 20.3 Å². The minimum absolute atomic E-state index is 0.0310. The van der Waals surface area contributed by atoms with Crippen molar-refractivity contribution in [1.82, 2.24) is 4.90 Å². The smallest absolute Gasteiger partial charge is 0.237 e. The van der Waals surface area contributed by atoms with Gasteiger partial charge in [-0.2, -0.15) is 0 Å². The molecule has 0 saturated heterocycles. The van der Waals surface area contributed by atoms with E-state index in [0.717, 1.165) is 13.0 Å². The van der Waals surface area contributed by atoms with Crippen molar-refractivity contribution < 1.29 is 4.79 Å². The molecule has 0 N–H and O–H groups in total. The molecule has 1 aromatic carbocycles. The number of carbonyl (C=O) groups is 1. The number of amides is 1. The van der Waals surface area contributed by atoms with Gasteiger partial charge in [0.1, 0.15) is 5.88 Å². The van der Waals surface area contributed by atoms with E-state index < -0.39 is 0 Å². The first-order chi connectivity index (χ1) is 8.41. The molecule has 3 heteroatoms. The highest BCUT2D eigenvalue weighted by atomic mass is 35.5. The molecule has 1 amide bonds. The van der Waals surface area contributed by atoms with E-state index >= 15 is 0 Å². The average Bonchev–Trinajstić information content (AvgIpc) is 2.35. The van der Waals surface area contributed by atoms with Crippen LogP contribution in [0, 0.1) is 0 Å². The molecular formula is C15H20ClNO. The molecular weight excluding hydrogens is 246 g/mol. The van der Waals surface area contributed by atoms with Crippen molar-refractivity contribution in [1.29, 1.82) is 0 Å². The summed E-state index contributed by atoms with van der Waals surface area (Å²) in [7, 11) is 0. The summed E-state index contributed by atoms with van der Waals surface area (Å²) < 4.78 is 0. The number of hydrogen-bond acceptors (Lipinski definition) is 1. The van der Waals surface area contributed by atoms with E-state index in [1.807, 2.05) is 4.90 Å². The third kappa shape index (κ3) is 2.69. The van der Waals surface area contributed by atoms with Crippen LogP contribution in [0.1, 0.15) is 37.5 Å². The summed E-state index contributed by atoms with van der Waals surface area (Å²) >= 11 is 5.63. The van der Waals surface area contributed by atoms with Crippen LogP contribution in [0.5, 0.6) is 0 Å². The summed E-state index contributed by atoms with van der Waals surface area (Å²) in [5, 5.41) is 0. The predicted molar refractivity (Wildman–Crippen MR) is 75.0 cm³/mol. The van der Waals surface area contributed by atoms with Gasteiger partial charge in [0.2, 0.25) is 5.91 Å². The maximum Gasteiger partial charge on any atom is 0.237 e. The maximum atomic E-state index is 11.7. The van der Waals surface area contributed by atoms with Gasteiger partial charge in [-0.15, -0.1) is 11.6 Å². The Labute approximate surface area is 114 Å². The number of carbonyl (C=O) groups excluding carboxylic acids is 1. The number of alkyl halides is 1. The molecule has 0 spiro atoms. The molecule has 0 atom stereocenters. The van der Waals surface area contributed by atoms with E-state index in [1.54, 1.807) is 0 Å². The van der Waals surface area contributed by atoms with Crippen LogP contribution in [-0.4, -0.2) is 23.2 Å². The third-order valence-electron chi connectivity index (χ3n) is 3.55. The van der Waals surface area contributed by atoms with Crippen LogP contribution in [0.3, 0.4) is 0 Å². The Bertz CT molecular complexity index is 462. The zero-order valence-corrected chi connectivity index (χ0v) is 12.0. The Balaban J connectivity index is 2.27. The Kier molecular flexibility index (Phi) is 3.67. The van der Waals surface area contributed by atoms with Crippen molar-refractivity contribution in [2.24, 2.45) is 0 Å². The lowest BCUT2D eigenvalue weighted by molar-refractivity contribution is -0.129. The molecule has 18 heavy (non-hydrogen) atoms. The zero-order chi connectivity index (χ0) is 13.3. The van der Waals surface area contributed by atoms with Crippen LogP contribution in [-0.2, 0) is 23.2 Å². The van der Waals surface area contributed by atoms with E-state index in [9.17, 15) is 4.79 Å². The van der Waals surface area contributed by atoms with Crippen LogP contribution in [0.4, 0.5) is 0 Å². The molecule has 98 valence electrons. The van der Waals surface area contributed by atoms with Gasteiger partial charge >= 0.3 is 0 Å². The maximum absolute atomic E-state index is 11.7. The summed E-state index contributed by atoms with van der Waals surface area (Å²) in [6, 6.07) is 6.65. The van der Waals surface area contributed by atoms with Crippen molar-refractivity contribution in [3.63, 3.8) is 0 Å².